The molecule has 10 heteroatoms. The molecule has 3 rings (SSSR count). The summed E-state index contributed by atoms with van der Waals surface area (Å²) in [7, 11) is -3.38. The van der Waals surface area contributed by atoms with E-state index in [2.05, 4.69) is 9.98 Å². The lowest BCUT2D eigenvalue weighted by atomic mass is 10.2. The number of hydrogen-bond acceptors (Lipinski definition) is 6. The van der Waals surface area contributed by atoms with E-state index in [1.807, 2.05) is 0 Å². The van der Waals surface area contributed by atoms with Crippen LogP contribution in [0.3, 0.4) is 0 Å². The predicted octanol–water partition coefficient (Wildman–Crippen LogP) is 4.72. The molecule has 0 saturated heterocycles. The first-order valence-corrected chi connectivity index (χ1v) is 11.6. The number of rotatable bonds is 6. The quantitative estimate of drug-likeness (QED) is 0.534. The number of sulfone groups is 1. The van der Waals surface area contributed by atoms with Crippen LogP contribution in [0.25, 0.3) is 16.1 Å². The summed E-state index contributed by atoms with van der Waals surface area (Å²) in [5, 5.41) is 0. The molecule has 2 N–H and O–H groups in total. The topological polar surface area (TPSA) is 85.4 Å². The molecular formula is C21H18F3N3O2S2. The van der Waals surface area contributed by atoms with E-state index in [1.54, 1.807) is 42.5 Å². The lowest BCUT2D eigenvalue weighted by Crippen LogP contribution is -2.22. The zero-order chi connectivity index (χ0) is 22.6. The highest BCUT2D eigenvalue weighted by atomic mass is 32.2. The molecule has 162 valence electrons. The fourth-order valence-corrected chi connectivity index (χ4v) is 4.22. The summed E-state index contributed by atoms with van der Waals surface area (Å²) in [6.07, 6.45) is -1.29. The monoisotopic (exact) mass is 465 g/mol. The zero-order valence-electron chi connectivity index (χ0n) is 16.3. The fraction of sp³-hybridized carbons (Fsp3) is 0.143. The van der Waals surface area contributed by atoms with Crippen LogP contribution in [0.1, 0.15) is 10.6 Å². The largest absolute Gasteiger partial charge is 0.432 e. The number of hydrogen-bond donors (Lipinski definition) is 1. The summed E-state index contributed by atoms with van der Waals surface area (Å²) >= 11 is 1.16. The van der Waals surface area contributed by atoms with Crippen molar-refractivity contribution in [2.24, 2.45) is 10.7 Å². The maximum atomic E-state index is 13.4. The van der Waals surface area contributed by atoms with E-state index in [9.17, 15) is 21.6 Å². The molecule has 5 nitrogen and oxygen atoms in total. The number of alkyl halides is 3. The predicted molar refractivity (Wildman–Crippen MR) is 116 cm³/mol. The third kappa shape index (κ3) is 6.02. The van der Waals surface area contributed by atoms with Crippen LogP contribution in [0.5, 0.6) is 0 Å². The number of nitrogens with zero attached hydrogens (tertiary/aromatic N) is 2. The Labute approximate surface area is 181 Å². The lowest BCUT2D eigenvalue weighted by Gasteiger charge is -2.08. The fourth-order valence-electron chi connectivity index (χ4n) is 2.62. The Hall–Kier alpha value is -2.98. The third-order valence-corrected chi connectivity index (χ3v) is 6.45. The Morgan fingerprint density at radius 1 is 1.16 bits per heavy atom. The number of benzene rings is 1. The van der Waals surface area contributed by atoms with Gasteiger partial charge in [-0.3, -0.25) is 9.98 Å². The smallest absolute Gasteiger partial charge is 0.398 e. The molecule has 2 aromatic heterocycles. The SMILES string of the molecule is CS(=O)(=O)c1cccc(-c2ccc(/C(N)=C/C(=NCc3ccccn3)C(F)(F)F)s2)c1. The molecular weight excluding hydrogens is 447 g/mol. The number of nitrogens with two attached hydrogens (primary N) is 1. The van der Waals surface area contributed by atoms with Gasteiger partial charge in [0.15, 0.2) is 9.84 Å². The molecule has 0 amide bonds. The zero-order valence-corrected chi connectivity index (χ0v) is 17.9. The first-order chi connectivity index (χ1) is 14.5. The number of pyridine rings is 1. The first kappa shape index (κ1) is 22.7. The maximum absolute atomic E-state index is 13.4. The number of allylic oxidation sites excluding steroid dienone is 1. The Kier molecular flexibility index (Phi) is 6.61. The molecule has 0 spiro atoms. The van der Waals surface area contributed by atoms with Crippen LogP contribution in [0.15, 0.2) is 76.8 Å². The summed E-state index contributed by atoms with van der Waals surface area (Å²) in [5.41, 5.74) is 5.77. The molecule has 0 unspecified atom stereocenters. The van der Waals surface area contributed by atoms with Gasteiger partial charge in [-0.2, -0.15) is 13.2 Å². The van der Waals surface area contributed by atoms with Crippen molar-refractivity contribution in [2.45, 2.75) is 17.6 Å². The van der Waals surface area contributed by atoms with Gasteiger partial charge in [-0.1, -0.05) is 18.2 Å². The van der Waals surface area contributed by atoms with Gasteiger partial charge in [-0.15, -0.1) is 11.3 Å². The van der Waals surface area contributed by atoms with E-state index in [0.717, 1.165) is 23.7 Å². The molecule has 3 aromatic rings. The van der Waals surface area contributed by atoms with E-state index in [1.165, 1.54) is 18.3 Å². The van der Waals surface area contributed by atoms with E-state index in [-0.39, 0.29) is 17.1 Å². The number of thiophene rings is 1. The van der Waals surface area contributed by atoms with Gasteiger partial charge in [0.2, 0.25) is 0 Å². The van der Waals surface area contributed by atoms with Crippen molar-refractivity contribution in [2.75, 3.05) is 6.26 Å². The molecule has 0 aliphatic heterocycles. The summed E-state index contributed by atoms with van der Waals surface area (Å²) in [5.74, 6) is 0. The van der Waals surface area contributed by atoms with Gasteiger partial charge >= 0.3 is 6.18 Å². The van der Waals surface area contributed by atoms with E-state index in [0.29, 0.717) is 21.0 Å². The van der Waals surface area contributed by atoms with Crippen LogP contribution in [0, 0.1) is 0 Å². The Balaban J connectivity index is 1.89. The van der Waals surface area contributed by atoms with Crippen LogP contribution in [0.2, 0.25) is 0 Å². The van der Waals surface area contributed by atoms with Gasteiger partial charge in [-0.25, -0.2) is 8.42 Å². The summed E-state index contributed by atoms with van der Waals surface area (Å²) < 4.78 is 63.8. The summed E-state index contributed by atoms with van der Waals surface area (Å²) in [6, 6.07) is 14.5. The van der Waals surface area contributed by atoms with Gasteiger partial charge in [0.1, 0.15) is 5.71 Å². The second-order valence-electron chi connectivity index (χ2n) is 6.58. The van der Waals surface area contributed by atoms with Gasteiger partial charge in [0.05, 0.1) is 27.7 Å². The van der Waals surface area contributed by atoms with Gasteiger partial charge in [0.25, 0.3) is 0 Å². The van der Waals surface area contributed by atoms with Gasteiger partial charge in [-0.05, 0) is 48.0 Å². The molecule has 31 heavy (non-hydrogen) atoms. The van der Waals surface area contributed by atoms with E-state index in [4.69, 9.17) is 5.73 Å². The summed E-state index contributed by atoms with van der Waals surface area (Å²) in [6.45, 7) is -0.229. The second kappa shape index (κ2) is 9.03. The normalized spacial score (nSPS) is 13.4. The average Bonchev–Trinajstić information content (AvgIpc) is 3.21. The highest BCUT2D eigenvalue weighted by molar-refractivity contribution is 7.90. The average molecular weight is 466 g/mol. The molecule has 0 atom stereocenters. The second-order valence-corrected chi connectivity index (χ2v) is 9.68. The van der Waals surface area contributed by atoms with Gasteiger partial charge < -0.3 is 5.73 Å². The van der Waals surface area contributed by atoms with Gasteiger partial charge in [0, 0.05) is 17.3 Å². The van der Waals surface area contributed by atoms with Crippen LogP contribution in [-0.4, -0.2) is 31.5 Å². The minimum Gasteiger partial charge on any atom is -0.398 e. The third-order valence-electron chi connectivity index (χ3n) is 4.16. The molecule has 0 bridgehead atoms. The Morgan fingerprint density at radius 2 is 1.94 bits per heavy atom. The Morgan fingerprint density at radius 3 is 2.58 bits per heavy atom. The minimum absolute atomic E-state index is 0.0902. The van der Waals surface area contributed by atoms with Crippen LogP contribution in [-0.2, 0) is 16.4 Å². The molecule has 2 heterocycles. The Bertz CT molecular complexity index is 1230. The molecule has 0 radical (unpaired) electrons. The number of halogens is 3. The first-order valence-electron chi connectivity index (χ1n) is 8.93. The number of aromatic nitrogens is 1. The minimum atomic E-state index is -4.68. The molecule has 0 fully saturated rings. The van der Waals surface area contributed by atoms with Crippen LogP contribution >= 0.6 is 11.3 Å². The van der Waals surface area contributed by atoms with E-state index >= 15 is 0 Å². The number of aliphatic imine (C=N–C) groups is 1. The van der Waals surface area contributed by atoms with Crippen molar-refractivity contribution >= 4 is 32.6 Å². The lowest BCUT2D eigenvalue weighted by molar-refractivity contribution is -0.0579. The van der Waals surface area contributed by atoms with E-state index < -0.39 is 21.7 Å². The van der Waals surface area contributed by atoms with Crippen molar-refractivity contribution < 1.29 is 21.6 Å². The van der Waals surface area contributed by atoms with Crippen molar-refractivity contribution in [3.8, 4) is 10.4 Å². The highest BCUT2D eigenvalue weighted by Gasteiger charge is 2.34. The van der Waals surface area contributed by atoms with Crippen molar-refractivity contribution in [3.63, 3.8) is 0 Å². The van der Waals surface area contributed by atoms with Crippen LogP contribution in [0.4, 0.5) is 13.2 Å². The molecule has 0 aliphatic carbocycles. The molecule has 1 aromatic carbocycles. The molecule has 0 aliphatic rings. The maximum Gasteiger partial charge on any atom is 0.432 e. The highest BCUT2D eigenvalue weighted by Crippen LogP contribution is 2.32. The summed E-state index contributed by atoms with van der Waals surface area (Å²) in [4.78, 5) is 8.85. The van der Waals surface area contributed by atoms with Crippen LogP contribution < -0.4 is 5.73 Å². The van der Waals surface area contributed by atoms with Crippen molar-refractivity contribution in [3.05, 3.63) is 77.4 Å². The molecule has 0 saturated carbocycles. The van der Waals surface area contributed by atoms with Crippen molar-refractivity contribution in [1.29, 1.82) is 0 Å². The van der Waals surface area contributed by atoms with Crippen molar-refractivity contribution in [1.82, 2.24) is 4.98 Å². The standard InChI is InChI=1S/C21H18F3N3O2S2/c1-31(28,29)16-7-4-5-14(11-16)18-8-9-19(30-18)17(25)12-20(21(22,23)24)27-13-15-6-2-3-10-26-15/h2-12H,13,25H2,1H3/b17-12-,27-20?.